The molecule has 1 fully saturated rings. The van der Waals surface area contributed by atoms with Gasteiger partial charge in [-0.3, -0.25) is 4.79 Å². The molecule has 0 radical (unpaired) electrons. The molecule has 0 aromatic heterocycles. The maximum absolute atomic E-state index is 13.0. The Balaban J connectivity index is 1.62. The quantitative estimate of drug-likeness (QED) is 0.682. The molecule has 2 aromatic carbocycles. The number of benzene rings is 2. The molecule has 0 spiro atoms. The minimum absolute atomic E-state index is 0.0292. The third kappa shape index (κ3) is 4.61. The first kappa shape index (κ1) is 18.8. The van der Waals surface area contributed by atoms with Gasteiger partial charge in [-0.1, -0.05) is 42.5 Å². The van der Waals surface area contributed by atoms with Crippen LogP contribution in [0.4, 0.5) is 0 Å². The number of hydrogen-bond donors (Lipinski definition) is 0. The van der Waals surface area contributed by atoms with Gasteiger partial charge in [0.15, 0.2) is 0 Å². The summed E-state index contributed by atoms with van der Waals surface area (Å²) >= 11 is 1.72. The second-order valence-corrected chi connectivity index (χ2v) is 7.96. The first-order chi connectivity index (χ1) is 12.7. The van der Waals surface area contributed by atoms with Crippen LogP contribution < -0.4 is 4.74 Å². The van der Waals surface area contributed by atoms with Gasteiger partial charge in [-0.2, -0.15) is 0 Å². The molecule has 26 heavy (non-hydrogen) atoms. The number of likely N-dealkylation sites (tertiary alicyclic amines) is 1. The maximum atomic E-state index is 13.0. The number of carbonyl (C=O) groups excluding carboxylic acids is 1. The standard InChI is InChI=1S/C22H27NO2S/c1-3-25-20-13-11-19(12-14-20)21-10-7-15-23(21)22(24)17(2)26-16-18-8-5-4-6-9-18/h4-6,8-9,11-14,17,21H,3,7,10,15-16H2,1-2H3. The van der Waals surface area contributed by atoms with E-state index >= 15 is 0 Å². The van der Waals surface area contributed by atoms with E-state index in [9.17, 15) is 4.79 Å². The third-order valence-corrected chi connectivity index (χ3v) is 6.00. The number of thioether (sulfide) groups is 1. The highest BCUT2D eigenvalue weighted by Crippen LogP contribution is 2.34. The largest absolute Gasteiger partial charge is 0.494 e. The molecule has 3 rings (SSSR count). The topological polar surface area (TPSA) is 29.5 Å². The zero-order valence-corrected chi connectivity index (χ0v) is 16.4. The van der Waals surface area contributed by atoms with E-state index in [1.54, 1.807) is 11.8 Å². The van der Waals surface area contributed by atoms with Crippen molar-refractivity contribution in [3.05, 3.63) is 65.7 Å². The Morgan fingerprint density at radius 2 is 1.92 bits per heavy atom. The highest BCUT2D eigenvalue weighted by atomic mass is 32.2. The number of hydrogen-bond acceptors (Lipinski definition) is 3. The minimum Gasteiger partial charge on any atom is -0.494 e. The lowest BCUT2D eigenvalue weighted by Crippen LogP contribution is -2.36. The minimum atomic E-state index is -0.0292. The zero-order chi connectivity index (χ0) is 18.4. The van der Waals surface area contributed by atoms with Crippen LogP contribution in [0.15, 0.2) is 54.6 Å². The van der Waals surface area contributed by atoms with E-state index < -0.39 is 0 Å². The molecule has 1 aliphatic rings. The van der Waals surface area contributed by atoms with Crippen LogP contribution >= 0.6 is 11.8 Å². The van der Waals surface area contributed by atoms with Crippen LogP contribution in [0.3, 0.4) is 0 Å². The molecule has 0 aliphatic carbocycles. The summed E-state index contributed by atoms with van der Waals surface area (Å²) in [5.74, 6) is 2.01. The monoisotopic (exact) mass is 369 g/mol. The molecule has 2 unspecified atom stereocenters. The number of rotatable bonds is 7. The van der Waals surface area contributed by atoms with Crippen molar-refractivity contribution in [2.75, 3.05) is 13.2 Å². The van der Waals surface area contributed by atoms with Gasteiger partial charge in [-0.25, -0.2) is 0 Å². The summed E-state index contributed by atoms with van der Waals surface area (Å²) in [4.78, 5) is 15.1. The van der Waals surface area contributed by atoms with Gasteiger partial charge in [0.2, 0.25) is 5.91 Å². The van der Waals surface area contributed by atoms with Crippen molar-refractivity contribution in [2.45, 2.75) is 43.7 Å². The van der Waals surface area contributed by atoms with Crippen LogP contribution in [0.5, 0.6) is 5.75 Å². The molecule has 1 heterocycles. The van der Waals surface area contributed by atoms with Crippen molar-refractivity contribution in [3.8, 4) is 5.75 Å². The molecule has 1 amide bonds. The van der Waals surface area contributed by atoms with Gasteiger partial charge in [0.25, 0.3) is 0 Å². The highest BCUT2D eigenvalue weighted by Gasteiger charge is 2.32. The number of carbonyl (C=O) groups is 1. The Labute approximate surface area is 160 Å². The van der Waals surface area contributed by atoms with E-state index in [1.807, 2.05) is 44.2 Å². The molecule has 3 nitrogen and oxygen atoms in total. The second-order valence-electron chi connectivity index (χ2n) is 6.63. The molecule has 0 saturated carbocycles. The molecular formula is C22H27NO2S. The highest BCUT2D eigenvalue weighted by molar-refractivity contribution is 7.99. The molecule has 2 atom stereocenters. The molecule has 1 saturated heterocycles. The summed E-state index contributed by atoms with van der Waals surface area (Å²) in [6.07, 6.45) is 2.11. The van der Waals surface area contributed by atoms with Crippen molar-refractivity contribution in [2.24, 2.45) is 0 Å². The van der Waals surface area contributed by atoms with Crippen LogP contribution in [0.1, 0.15) is 43.9 Å². The average Bonchev–Trinajstić information content (AvgIpc) is 3.17. The van der Waals surface area contributed by atoms with Crippen molar-refractivity contribution in [1.82, 2.24) is 4.90 Å². The van der Waals surface area contributed by atoms with Crippen molar-refractivity contribution in [3.63, 3.8) is 0 Å². The fraction of sp³-hybridized carbons (Fsp3) is 0.409. The molecule has 0 bridgehead atoms. The van der Waals surface area contributed by atoms with E-state index in [1.165, 1.54) is 11.1 Å². The maximum Gasteiger partial charge on any atom is 0.235 e. The molecule has 1 aliphatic heterocycles. The Hall–Kier alpha value is -1.94. The molecular weight excluding hydrogens is 342 g/mol. The predicted octanol–water partition coefficient (Wildman–Crippen LogP) is 5.07. The second kappa shape index (κ2) is 9.13. The van der Waals surface area contributed by atoms with Gasteiger partial charge in [0, 0.05) is 12.3 Å². The number of ether oxygens (including phenoxy) is 1. The van der Waals surface area contributed by atoms with Crippen LogP contribution in [0.2, 0.25) is 0 Å². The fourth-order valence-electron chi connectivity index (χ4n) is 3.43. The normalized spacial score (nSPS) is 17.9. The summed E-state index contributed by atoms with van der Waals surface area (Å²) in [5, 5.41) is -0.0292. The lowest BCUT2D eigenvalue weighted by molar-refractivity contribution is -0.131. The van der Waals surface area contributed by atoms with Gasteiger partial charge < -0.3 is 9.64 Å². The van der Waals surface area contributed by atoms with Gasteiger partial charge in [-0.05, 0) is 49.9 Å². The summed E-state index contributed by atoms with van der Waals surface area (Å²) < 4.78 is 5.53. The summed E-state index contributed by atoms with van der Waals surface area (Å²) in [7, 11) is 0. The van der Waals surface area contributed by atoms with E-state index in [0.29, 0.717) is 6.61 Å². The SMILES string of the molecule is CCOc1ccc(C2CCCN2C(=O)C(C)SCc2ccccc2)cc1. The van der Waals surface area contributed by atoms with Gasteiger partial charge in [0.05, 0.1) is 17.9 Å². The molecule has 138 valence electrons. The van der Waals surface area contributed by atoms with Crippen molar-refractivity contribution < 1.29 is 9.53 Å². The lowest BCUT2D eigenvalue weighted by atomic mass is 10.0. The Kier molecular flexibility index (Phi) is 6.62. The van der Waals surface area contributed by atoms with E-state index in [0.717, 1.165) is 30.9 Å². The third-order valence-electron chi connectivity index (χ3n) is 4.80. The molecule has 2 aromatic rings. The number of amides is 1. The van der Waals surface area contributed by atoms with Gasteiger partial charge >= 0.3 is 0 Å². The summed E-state index contributed by atoms with van der Waals surface area (Å²) in [6.45, 7) is 5.54. The lowest BCUT2D eigenvalue weighted by Gasteiger charge is -2.28. The van der Waals surface area contributed by atoms with Crippen LogP contribution in [0.25, 0.3) is 0 Å². The zero-order valence-electron chi connectivity index (χ0n) is 15.6. The Morgan fingerprint density at radius 3 is 2.62 bits per heavy atom. The van der Waals surface area contributed by atoms with Crippen molar-refractivity contribution in [1.29, 1.82) is 0 Å². The van der Waals surface area contributed by atoms with Crippen LogP contribution in [-0.2, 0) is 10.5 Å². The van der Waals surface area contributed by atoms with E-state index in [2.05, 4.69) is 29.2 Å². The van der Waals surface area contributed by atoms with Gasteiger partial charge in [-0.15, -0.1) is 11.8 Å². The fourth-order valence-corrected chi connectivity index (χ4v) is 4.34. The Morgan fingerprint density at radius 1 is 1.19 bits per heavy atom. The van der Waals surface area contributed by atoms with E-state index in [4.69, 9.17) is 4.74 Å². The van der Waals surface area contributed by atoms with Crippen LogP contribution in [0, 0.1) is 0 Å². The summed E-state index contributed by atoms with van der Waals surface area (Å²) in [6, 6.07) is 18.8. The predicted molar refractivity (Wildman–Crippen MR) is 108 cm³/mol. The Bertz CT molecular complexity index is 702. The van der Waals surface area contributed by atoms with Crippen LogP contribution in [-0.4, -0.2) is 29.2 Å². The van der Waals surface area contributed by atoms with Gasteiger partial charge in [0.1, 0.15) is 5.75 Å². The number of nitrogens with zero attached hydrogens (tertiary/aromatic N) is 1. The van der Waals surface area contributed by atoms with E-state index in [-0.39, 0.29) is 17.2 Å². The smallest absolute Gasteiger partial charge is 0.235 e. The summed E-state index contributed by atoms with van der Waals surface area (Å²) in [5.41, 5.74) is 2.47. The van der Waals surface area contributed by atoms with Crippen molar-refractivity contribution >= 4 is 17.7 Å². The molecule has 0 N–H and O–H groups in total. The average molecular weight is 370 g/mol. The first-order valence-corrected chi connectivity index (χ1v) is 10.4. The molecule has 4 heteroatoms. The first-order valence-electron chi connectivity index (χ1n) is 9.37.